The van der Waals surface area contributed by atoms with Crippen molar-refractivity contribution in [3.05, 3.63) is 16.4 Å². The van der Waals surface area contributed by atoms with Crippen molar-refractivity contribution in [1.29, 1.82) is 0 Å². The molecule has 0 fully saturated rings. The predicted octanol–water partition coefficient (Wildman–Crippen LogP) is 2.29. The van der Waals surface area contributed by atoms with Crippen LogP contribution in [0.2, 0.25) is 5.02 Å². The summed E-state index contributed by atoms with van der Waals surface area (Å²) in [7, 11) is 1.85. The maximum atomic E-state index is 11.1. The molecule has 0 aliphatic rings. The molecule has 78 valence electrons. The largest absolute Gasteiger partial charge is 0.300 e. The normalized spacial score (nSPS) is 10.6. The molecule has 0 unspecified atom stereocenters. The van der Waals surface area contributed by atoms with E-state index in [4.69, 9.17) is 11.6 Å². The maximum Gasteiger partial charge on any atom is 0.133 e. The van der Waals surface area contributed by atoms with Crippen LogP contribution in [0.4, 0.5) is 0 Å². The van der Waals surface area contributed by atoms with Crippen LogP contribution in [0.5, 0.6) is 0 Å². The molecule has 0 N–H and O–H groups in total. The van der Waals surface area contributed by atoms with E-state index in [2.05, 4.69) is 5.10 Å². The average molecular weight is 215 g/mol. The van der Waals surface area contributed by atoms with Gasteiger partial charge >= 0.3 is 0 Å². The molecular formula is C10H15ClN2O. The number of nitrogens with zero attached hydrogens (tertiary/aromatic N) is 2. The van der Waals surface area contributed by atoms with Gasteiger partial charge in [0.15, 0.2) is 0 Å². The number of hydrogen-bond donors (Lipinski definition) is 0. The van der Waals surface area contributed by atoms with Crippen molar-refractivity contribution in [3.8, 4) is 0 Å². The van der Waals surface area contributed by atoms with Gasteiger partial charge < -0.3 is 0 Å². The van der Waals surface area contributed by atoms with Crippen LogP contribution >= 0.6 is 11.6 Å². The summed E-state index contributed by atoms with van der Waals surface area (Å²) in [6.45, 7) is 3.74. The van der Waals surface area contributed by atoms with Gasteiger partial charge in [-0.05, 0) is 13.3 Å². The van der Waals surface area contributed by atoms with Gasteiger partial charge in [0.2, 0.25) is 0 Å². The van der Waals surface area contributed by atoms with E-state index in [1.165, 1.54) is 0 Å². The van der Waals surface area contributed by atoms with Crippen molar-refractivity contribution in [1.82, 2.24) is 9.78 Å². The minimum absolute atomic E-state index is 0.264. The molecule has 1 rings (SSSR count). The fourth-order valence-corrected chi connectivity index (χ4v) is 1.64. The van der Waals surface area contributed by atoms with Gasteiger partial charge in [0, 0.05) is 19.9 Å². The molecule has 1 aromatic rings. The first-order valence-corrected chi connectivity index (χ1v) is 5.13. The van der Waals surface area contributed by atoms with Crippen molar-refractivity contribution < 1.29 is 4.79 Å². The van der Waals surface area contributed by atoms with E-state index in [1.807, 2.05) is 20.9 Å². The molecule has 0 saturated heterocycles. The molecular weight excluding hydrogens is 200 g/mol. The Bertz CT molecular complexity index is 344. The van der Waals surface area contributed by atoms with Gasteiger partial charge in [-0.3, -0.25) is 9.48 Å². The Kier molecular flexibility index (Phi) is 3.69. The standard InChI is InChI=1S/C10H15ClN2O/c1-4-8(14)5-6-9-10(11)7(2)12-13(9)3/h4-6H2,1-3H3. The topological polar surface area (TPSA) is 34.9 Å². The number of rotatable bonds is 4. The lowest BCUT2D eigenvalue weighted by Gasteiger charge is -2.01. The Morgan fingerprint density at radius 2 is 2.21 bits per heavy atom. The Morgan fingerprint density at radius 3 is 2.64 bits per heavy atom. The lowest BCUT2D eigenvalue weighted by Crippen LogP contribution is -2.03. The summed E-state index contributed by atoms with van der Waals surface area (Å²) < 4.78 is 1.75. The summed E-state index contributed by atoms with van der Waals surface area (Å²) >= 11 is 6.05. The van der Waals surface area contributed by atoms with Gasteiger partial charge in [-0.25, -0.2) is 0 Å². The van der Waals surface area contributed by atoms with Crippen molar-refractivity contribution in [2.45, 2.75) is 33.1 Å². The predicted molar refractivity (Wildman–Crippen MR) is 56.6 cm³/mol. The van der Waals surface area contributed by atoms with Crippen LogP contribution in [0.1, 0.15) is 31.2 Å². The van der Waals surface area contributed by atoms with Gasteiger partial charge in [-0.2, -0.15) is 5.10 Å². The minimum atomic E-state index is 0.264. The third-order valence-electron chi connectivity index (χ3n) is 2.30. The molecule has 0 spiro atoms. The number of carbonyl (C=O) groups is 1. The molecule has 0 aliphatic heterocycles. The zero-order chi connectivity index (χ0) is 10.7. The van der Waals surface area contributed by atoms with Crippen LogP contribution in [-0.4, -0.2) is 15.6 Å². The van der Waals surface area contributed by atoms with E-state index in [0.29, 0.717) is 24.3 Å². The number of carbonyl (C=O) groups excluding carboxylic acids is 1. The van der Waals surface area contributed by atoms with Crippen molar-refractivity contribution >= 4 is 17.4 Å². The van der Waals surface area contributed by atoms with Crippen LogP contribution in [-0.2, 0) is 18.3 Å². The van der Waals surface area contributed by atoms with Crippen molar-refractivity contribution in [2.75, 3.05) is 0 Å². The molecule has 4 heteroatoms. The minimum Gasteiger partial charge on any atom is -0.300 e. The second-order valence-electron chi connectivity index (χ2n) is 3.36. The SMILES string of the molecule is CCC(=O)CCc1c(Cl)c(C)nn1C. The van der Waals surface area contributed by atoms with Crippen LogP contribution in [0.3, 0.4) is 0 Å². The first-order chi connectivity index (χ1) is 6.56. The molecule has 14 heavy (non-hydrogen) atoms. The molecule has 1 aromatic heterocycles. The Labute approximate surface area is 89.1 Å². The van der Waals surface area contributed by atoms with Crippen LogP contribution in [0.15, 0.2) is 0 Å². The molecule has 0 aliphatic carbocycles. The van der Waals surface area contributed by atoms with E-state index >= 15 is 0 Å². The molecule has 0 bridgehead atoms. The summed E-state index contributed by atoms with van der Waals surface area (Å²) in [5.74, 6) is 0.264. The summed E-state index contributed by atoms with van der Waals surface area (Å²) in [4.78, 5) is 11.1. The van der Waals surface area contributed by atoms with Crippen molar-refractivity contribution in [2.24, 2.45) is 7.05 Å². The zero-order valence-electron chi connectivity index (χ0n) is 8.80. The Balaban J connectivity index is 2.71. The number of ketones is 1. The number of aromatic nitrogens is 2. The molecule has 0 radical (unpaired) electrons. The third-order valence-corrected chi connectivity index (χ3v) is 2.79. The second-order valence-corrected chi connectivity index (χ2v) is 3.74. The molecule has 0 atom stereocenters. The van der Waals surface area contributed by atoms with Gasteiger partial charge in [0.05, 0.1) is 16.4 Å². The second kappa shape index (κ2) is 4.60. The quantitative estimate of drug-likeness (QED) is 0.771. The smallest absolute Gasteiger partial charge is 0.133 e. The summed E-state index contributed by atoms with van der Waals surface area (Å²) in [6.07, 6.45) is 1.83. The fourth-order valence-electron chi connectivity index (χ4n) is 1.39. The van der Waals surface area contributed by atoms with Gasteiger partial charge in [0.25, 0.3) is 0 Å². The fraction of sp³-hybridized carbons (Fsp3) is 0.600. The van der Waals surface area contributed by atoms with E-state index in [1.54, 1.807) is 4.68 Å². The lowest BCUT2D eigenvalue weighted by atomic mass is 10.1. The highest BCUT2D eigenvalue weighted by Crippen LogP contribution is 2.20. The molecule has 0 amide bonds. The summed E-state index contributed by atoms with van der Waals surface area (Å²) in [5, 5.41) is 4.88. The molecule has 3 nitrogen and oxygen atoms in total. The van der Waals surface area contributed by atoms with Crippen LogP contribution in [0, 0.1) is 6.92 Å². The van der Waals surface area contributed by atoms with Gasteiger partial charge in [-0.1, -0.05) is 18.5 Å². The van der Waals surface area contributed by atoms with E-state index < -0.39 is 0 Å². The van der Waals surface area contributed by atoms with Crippen LogP contribution in [0.25, 0.3) is 0 Å². The Hall–Kier alpha value is -0.830. The molecule has 0 aromatic carbocycles. The first kappa shape index (κ1) is 11.2. The van der Waals surface area contributed by atoms with E-state index in [9.17, 15) is 4.79 Å². The average Bonchev–Trinajstić information content (AvgIpc) is 2.39. The number of aryl methyl sites for hydroxylation is 2. The highest BCUT2D eigenvalue weighted by molar-refractivity contribution is 6.31. The zero-order valence-corrected chi connectivity index (χ0v) is 9.56. The number of hydrogen-bond acceptors (Lipinski definition) is 2. The van der Waals surface area contributed by atoms with E-state index in [0.717, 1.165) is 11.4 Å². The summed E-state index contributed by atoms with van der Waals surface area (Å²) in [5.41, 5.74) is 1.78. The van der Waals surface area contributed by atoms with Crippen LogP contribution < -0.4 is 0 Å². The van der Waals surface area contributed by atoms with Gasteiger partial charge in [0.1, 0.15) is 5.78 Å². The van der Waals surface area contributed by atoms with E-state index in [-0.39, 0.29) is 5.78 Å². The first-order valence-electron chi connectivity index (χ1n) is 4.76. The highest BCUT2D eigenvalue weighted by atomic mass is 35.5. The lowest BCUT2D eigenvalue weighted by molar-refractivity contribution is -0.118. The van der Waals surface area contributed by atoms with Gasteiger partial charge in [-0.15, -0.1) is 0 Å². The number of Topliss-reactive ketones (excluding diaryl/α,β-unsaturated/α-hetero) is 1. The maximum absolute atomic E-state index is 11.1. The highest BCUT2D eigenvalue weighted by Gasteiger charge is 2.11. The Morgan fingerprint density at radius 1 is 1.57 bits per heavy atom. The van der Waals surface area contributed by atoms with Crippen molar-refractivity contribution in [3.63, 3.8) is 0 Å². The molecule has 0 saturated carbocycles. The summed E-state index contributed by atoms with van der Waals surface area (Å²) in [6, 6.07) is 0. The monoisotopic (exact) mass is 214 g/mol. The number of halogens is 1. The third kappa shape index (κ3) is 2.35. The molecule has 1 heterocycles.